The van der Waals surface area contributed by atoms with Crippen molar-refractivity contribution >= 4 is 23.9 Å². The number of anilines is 1. The molecule has 0 radical (unpaired) electrons. The van der Waals surface area contributed by atoms with Crippen LogP contribution in [0.1, 0.15) is 11.3 Å². The van der Waals surface area contributed by atoms with Crippen LogP contribution in [0.15, 0.2) is 48.7 Å². The Morgan fingerprint density at radius 3 is 2.60 bits per heavy atom. The van der Waals surface area contributed by atoms with Crippen LogP contribution >= 0.6 is 0 Å². The van der Waals surface area contributed by atoms with Crippen molar-refractivity contribution in [2.24, 2.45) is 0 Å². The van der Waals surface area contributed by atoms with Gasteiger partial charge in [0.1, 0.15) is 5.76 Å². The van der Waals surface area contributed by atoms with Crippen molar-refractivity contribution in [3.05, 3.63) is 59.9 Å². The van der Waals surface area contributed by atoms with Gasteiger partial charge in [0.2, 0.25) is 6.41 Å². The molecule has 0 aliphatic rings. The number of carbonyl (C=O) groups excluding carboxylic acids is 1. The van der Waals surface area contributed by atoms with Crippen LogP contribution in [0.4, 0.5) is 5.69 Å². The van der Waals surface area contributed by atoms with Gasteiger partial charge in [0.15, 0.2) is 0 Å². The zero-order chi connectivity index (χ0) is 14.4. The van der Waals surface area contributed by atoms with Gasteiger partial charge in [-0.25, -0.2) is 0 Å². The van der Waals surface area contributed by atoms with E-state index < -0.39 is 0 Å². The van der Waals surface area contributed by atoms with Gasteiger partial charge < -0.3 is 9.64 Å². The molecule has 0 saturated carbocycles. The van der Waals surface area contributed by atoms with Gasteiger partial charge in [-0.05, 0) is 24.3 Å². The number of hydrogen-bond donors (Lipinski definition) is 0. The number of nitrogens with zero attached hydrogens (tertiary/aromatic N) is 2. The van der Waals surface area contributed by atoms with E-state index in [1.165, 1.54) is 4.90 Å². The summed E-state index contributed by atoms with van der Waals surface area (Å²) < 4.78 is 5.45. The van der Waals surface area contributed by atoms with Crippen LogP contribution in [0.3, 0.4) is 0 Å². The molecule has 2 aromatic rings. The molecule has 2 rings (SSSR count). The Hall–Kier alpha value is -2.62. The lowest BCUT2D eigenvalue weighted by molar-refractivity contribution is -0.107. The molecule has 0 bridgehead atoms. The van der Waals surface area contributed by atoms with Gasteiger partial charge in [-0.3, -0.25) is 9.78 Å². The van der Waals surface area contributed by atoms with Crippen LogP contribution in [-0.2, 0) is 9.53 Å². The molecule has 1 aromatic heterocycles. The Kier molecular flexibility index (Phi) is 4.50. The highest BCUT2D eigenvalue weighted by Crippen LogP contribution is 2.27. The molecule has 1 aromatic carbocycles. The molecule has 20 heavy (non-hydrogen) atoms. The molecule has 102 valence electrons. The highest BCUT2D eigenvalue weighted by Gasteiger charge is 2.11. The van der Waals surface area contributed by atoms with Gasteiger partial charge in [-0.1, -0.05) is 18.2 Å². The molecule has 0 unspecified atom stereocenters. The third kappa shape index (κ3) is 3.03. The molecule has 0 saturated heterocycles. The summed E-state index contributed by atoms with van der Waals surface area (Å²) in [5, 5.41) is 0. The normalized spacial score (nSPS) is 11.0. The van der Waals surface area contributed by atoms with Gasteiger partial charge >= 0.3 is 0 Å². The number of methoxy groups -OCH3 is 1. The summed E-state index contributed by atoms with van der Waals surface area (Å²) in [6, 6.07) is 13.2. The predicted octanol–water partition coefficient (Wildman–Crippen LogP) is 2.82. The Labute approximate surface area is 118 Å². The first kappa shape index (κ1) is 13.8. The lowest BCUT2D eigenvalue weighted by Crippen LogP contribution is -2.15. The Morgan fingerprint density at radius 2 is 1.95 bits per heavy atom. The van der Waals surface area contributed by atoms with Crippen LogP contribution in [0, 0.1) is 0 Å². The smallest absolute Gasteiger partial charge is 0.213 e. The molecule has 4 heteroatoms. The summed E-state index contributed by atoms with van der Waals surface area (Å²) in [5.74, 6) is 0.660. The summed E-state index contributed by atoms with van der Waals surface area (Å²) in [5.41, 5.74) is 2.43. The number of hydrogen-bond acceptors (Lipinski definition) is 3. The van der Waals surface area contributed by atoms with Crippen molar-refractivity contribution in [3.8, 4) is 0 Å². The number of pyridine rings is 1. The van der Waals surface area contributed by atoms with Crippen molar-refractivity contribution < 1.29 is 9.53 Å². The fourth-order valence-corrected chi connectivity index (χ4v) is 1.89. The lowest BCUT2D eigenvalue weighted by Gasteiger charge is -2.17. The van der Waals surface area contributed by atoms with Crippen LogP contribution in [0.5, 0.6) is 0 Å². The summed E-state index contributed by atoms with van der Waals surface area (Å²) >= 11 is 0. The molecule has 0 N–H and O–H groups in total. The molecular weight excluding hydrogens is 252 g/mol. The van der Waals surface area contributed by atoms with Crippen LogP contribution in [-0.4, -0.2) is 25.6 Å². The summed E-state index contributed by atoms with van der Waals surface area (Å²) in [6.07, 6.45) is 4.34. The van der Waals surface area contributed by atoms with E-state index in [0.717, 1.165) is 23.4 Å². The fourth-order valence-electron chi connectivity index (χ4n) is 1.89. The second kappa shape index (κ2) is 6.52. The van der Waals surface area contributed by atoms with Crippen molar-refractivity contribution in [3.63, 3.8) is 0 Å². The van der Waals surface area contributed by atoms with Crippen molar-refractivity contribution in [2.75, 3.05) is 19.1 Å². The molecular formula is C16H16N2O2. The first-order valence-corrected chi connectivity index (χ1v) is 6.20. The molecule has 0 atom stereocenters. The molecule has 1 amide bonds. The maximum atomic E-state index is 11.0. The van der Waals surface area contributed by atoms with Crippen molar-refractivity contribution in [1.29, 1.82) is 0 Å². The molecule has 1 heterocycles. The minimum atomic E-state index is 0.660. The lowest BCUT2D eigenvalue weighted by atomic mass is 10.1. The van der Waals surface area contributed by atoms with Crippen molar-refractivity contribution in [1.82, 2.24) is 4.98 Å². The number of aromatic nitrogens is 1. The second-order valence-corrected chi connectivity index (χ2v) is 4.20. The topological polar surface area (TPSA) is 42.4 Å². The first-order valence-electron chi connectivity index (χ1n) is 6.20. The molecule has 0 fully saturated rings. The minimum absolute atomic E-state index is 0.660. The molecule has 0 aliphatic carbocycles. The average Bonchev–Trinajstić information content (AvgIpc) is 2.53. The van der Waals surface area contributed by atoms with Crippen LogP contribution < -0.4 is 4.90 Å². The molecule has 4 nitrogen and oxygen atoms in total. The van der Waals surface area contributed by atoms with E-state index in [2.05, 4.69) is 4.98 Å². The predicted molar refractivity (Wildman–Crippen MR) is 80.0 cm³/mol. The number of carbonyl (C=O) groups is 1. The zero-order valence-corrected chi connectivity index (χ0v) is 11.5. The van der Waals surface area contributed by atoms with Gasteiger partial charge in [0.25, 0.3) is 0 Å². The number of rotatable bonds is 5. The first-order chi connectivity index (χ1) is 9.76. The number of ether oxygens (including phenoxy) is 1. The number of amides is 1. The third-order valence-electron chi connectivity index (χ3n) is 2.89. The van der Waals surface area contributed by atoms with Crippen LogP contribution in [0.2, 0.25) is 0 Å². The van der Waals surface area contributed by atoms with E-state index in [9.17, 15) is 4.79 Å². The maximum Gasteiger partial charge on any atom is 0.213 e. The highest BCUT2D eigenvalue weighted by atomic mass is 16.5. The van der Waals surface area contributed by atoms with E-state index in [1.54, 1.807) is 20.4 Å². The summed E-state index contributed by atoms with van der Waals surface area (Å²) in [4.78, 5) is 16.7. The van der Waals surface area contributed by atoms with Gasteiger partial charge in [0.05, 0.1) is 18.5 Å². The van der Waals surface area contributed by atoms with E-state index in [-0.39, 0.29) is 0 Å². The SMILES string of the molecule is CO/C(=C\c1ccccn1)c1ccccc1N(C)C=O. The maximum absolute atomic E-state index is 11.0. The quantitative estimate of drug-likeness (QED) is 0.618. The average molecular weight is 268 g/mol. The third-order valence-corrected chi connectivity index (χ3v) is 2.89. The number of benzene rings is 1. The fraction of sp³-hybridized carbons (Fsp3) is 0.125. The molecule has 0 aliphatic heterocycles. The standard InChI is InChI=1S/C16H16N2O2/c1-18(12-19)15-9-4-3-8-14(15)16(20-2)11-13-7-5-6-10-17-13/h3-12H,1-2H3/b16-11-. The van der Waals surface area contributed by atoms with Crippen molar-refractivity contribution in [2.45, 2.75) is 0 Å². The highest BCUT2D eigenvalue weighted by molar-refractivity contribution is 5.87. The van der Waals surface area contributed by atoms with E-state index in [4.69, 9.17) is 4.74 Å². The largest absolute Gasteiger partial charge is 0.496 e. The molecule has 0 spiro atoms. The minimum Gasteiger partial charge on any atom is -0.496 e. The monoisotopic (exact) mass is 268 g/mol. The van der Waals surface area contributed by atoms with Gasteiger partial charge in [0, 0.05) is 24.9 Å². The van der Waals surface area contributed by atoms with E-state index in [0.29, 0.717) is 5.76 Å². The summed E-state index contributed by atoms with van der Waals surface area (Å²) in [7, 11) is 3.31. The van der Waals surface area contributed by atoms with Gasteiger partial charge in [-0.15, -0.1) is 0 Å². The summed E-state index contributed by atoms with van der Waals surface area (Å²) in [6.45, 7) is 0. The zero-order valence-electron chi connectivity index (χ0n) is 11.5. The second-order valence-electron chi connectivity index (χ2n) is 4.20. The van der Waals surface area contributed by atoms with Gasteiger partial charge in [-0.2, -0.15) is 0 Å². The Bertz CT molecular complexity index is 609. The van der Waals surface area contributed by atoms with Crippen LogP contribution in [0.25, 0.3) is 11.8 Å². The van der Waals surface area contributed by atoms with E-state index >= 15 is 0 Å². The Morgan fingerprint density at radius 1 is 1.20 bits per heavy atom. The van der Waals surface area contributed by atoms with E-state index in [1.807, 2.05) is 48.5 Å². The Balaban J connectivity index is 2.47. The number of para-hydroxylation sites is 1.